The fourth-order valence-corrected chi connectivity index (χ4v) is 1.70. The van der Waals surface area contributed by atoms with Crippen LogP contribution in [0.4, 0.5) is 0 Å². The second kappa shape index (κ2) is 10.8. The van der Waals surface area contributed by atoms with Crippen molar-refractivity contribution in [2.45, 2.75) is 46.5 Å². The Labute approximate surface area is 109 Å². The summed E-state index contributed by atoms with van der Waals surface area (Å²) in [7, 11) is 0. The zero-order valence-corrected chi connectivity index (χ0v) is 11.6. The van der Waals surface area contributed by atoms with E-state index >= 15 is 0 Å². The Bertz CT molecular complexity index is 271. The van der Waals surface area contributed by atoms with E-state index in [9.17, 15) is 9.59 Å². The Balaban J connectivity index is 0.000000411. The van der Waals surface area contributed by atoms with Gasteiger partial charge in [-0.3, -0.25) is 9.59 Å². The number of hydrogen-bond donors (Lipinski definition) is 0. The summed E-state index contributed by atoms with van der Waals surface area (Å²) in [6, 6.07) is 0. The highest BCUT2D eigenvalue weighted by atomic mass is 16.5. The zero-order chi connectivity index (χ0) is 13.8. The van der Waals surface area contributed by atoms with Crippen molar-refractivity contribution in [3.63, 3.8) is 0 Å². The lowest BCUT2D eigenvalue weighted by atomic mass is 9.92. The number of hydrogen-bond acceptors (Lipinski definition) is 4. The Hall–Kier alpha value is -1.32. The first kappa shape index (κ1) is 16.7. The van der Waals surface area contributed by atoms with Crippen molar-refractivity contribution in [1.82, 2.24) is 0 Å². The predicted molar refractivity (Wildman–Crippen MR) is 70.0 cm³/mol. The van der Waals surface area contributed by atoms with Gasteiger partial charge in [-0.05, 0) is 39.0 Å². The molecule has 0 saturated heterocycles. The van der Waals surface area contributed by atoms with Crippen molar-refractivity contribution in [2.24, 2.45) is 5.92 Å². The Morgan fingerprint density at radius 1 is 1.17 bits per heavy atom. The van der Waals surface area contributed by atoms with Gasteiger partial charge in [0, 0.05) is 13.3 Å². The summed E-state index contributed by atoms with van der Waals surface area (Å²) in [5.41, 5.74) is 0. The highest BCUT2D eigenvalue weighted by Crippen LogP contribution is 2.21. The molecule has 1 unspecified atom stereocenters. The van der Waals surface area contributed by atoms with E-state index in [-0.39, 0.29) is 11.9 Å². The maximum Gasteiger partial charge on any atom is 0.306 e. The molecule has 0 aliphatic heterocycles. The lowest BCUT2D eigenvalue weighted by Gasteiger charge is -2.15. The Kier molecular flexibility index (Phi) is 10.0. The fraction of sp³-hybridized carbons (Fsp3) is 0.714. The number of esters is 2. The molecule has 18 heavy (non-hydrogen) atoms. The van der Waals surface area contributed by atoms with E-state index in [1.165, 1.54) is 6.92 Å². The number of ether oxygens (including phenoxy) is 2. The van der Waals surface area contributed by atoms with Crippen LogP contribution < -0.4 is 0 Å². The van der Waals surface area contributed by atoms with Gasteiger partial charge in [0.25, 0.3) is 0 Å². The minimum absolute atomic E-state index is 0.0437. The number of carbonyl (C=O) groups is 2. The monoisotopic (exact) mass is 256 g/mol. The van der Waals surface area contributed by atoms with Gasteiger partial charge in [-0.15, -0.1) is 0 Å². The van der Waals surface area contributed by atoms with E-state index in [2.05, 4.69) is 16.9 Å². The van der Waals surface area contributed by atoms with E-state index in [0.29, 0.717) is 25.6 Å². The number of rotatable bonds is 4. The van der Waals surface area contributed by atoms with Gasteiger partial charge in [0.15, 0.2) is 0 Å². The van der Waals surface area contributed by atoms with E-state index in [1.807, 2.05) is 6.92 Å². The molecule has 0 bridgehead atoms. The van der Waals surface area contributed by atoms with Crippen LogP contribution in [0, 0.1) is 5.92 Å². The first-order valence-electron chi connectivity index (χ1n) is 6.54. The molecular weight excluding hydrogens is 232 g/mol. The summed E-state index contributed by atoms with van der Waals surface area (Å²) >= 11 is 0. The zero-order valence-electron chi connectivity index (χ0n) is 11.6. The minimum atomic E-state index is -0.211. The summed E-state index contributed by atoms with van der Waals surface area (Å²) < 4.78 is 9.28. The molecule has 0 aromatic carbocycles. The molecule has 0 fully saturated rings. The van der Waals surface area contributed by atoms with Gasteiger partial charge in [0.1, 0.15) is 0 Å². The fourth-order valence-electron chi connectivity index (χ4n) is 1.70. The average Bonchev–Trinajstić information content (AvgIpc) is 2.31. The maximum atomic E-state index is 11.1. The van der Waals surface area contributed by atoms with Crippen LogP contribution >= 0.6 is 0 Å². The van der Waals surface area contributed by atoms with Crippen LogP contribution in [0.15, 0.2) is 12.2 Å². The minimum Gasteiger partial charge on any atom is -0.466 e. The molecule has 0 heterocycles. The SMILES string of the molecule is CCOC(=O)CC1CC=CCC1.CCOC(C)=O. The predicted octanol–water partition coefficient (Wildman–Crippen LogP) is 2.87. The van der Waals surface area contributed by atoms with Gasteiger partial charge < -0.3 is 9.47 Å². The average molecular weight is 256 g/mol. The summed E-state index contributed by atoms with van der Waals surface area (Å²) in [5, 5.41) is 0. The largest absolute Gasteiger partial charge is 0.466 e. The van der Waals surface area contributed by atoms with Gasteiger partial charge >= 0.3 is 11.9 Å². The molecule has 1 aliphatic rings. The number of carbonyl (C=O) groups excluding carboxylic acids is 2. The Morgan fingerprint density at radius 3 is 2.22 bits per heavy atom. The topological polar surface area (TPSA) is 52.6 Å². The third-order valence-electron chi connectivity index (χ3n) is 2.49. The van der Waals surface area contributed by atoms with Crippen LogP contribution in [0.2, 0.25) is 0 Å². The summed E-state index contributed by atoms with van der Waals surface area (Å²) in [6.45, 7) is 6.00. The highest BCUT2D eigenvalue weighted by Gasteiger charge is 2.14. The molecule has 0 aromatic heterocycles. The van der Waals surface area contributed by atoms with Gasteiger partial charge in [-0.1, -0.05) is 12.2 Å². The Morgan fingerprint density at radius 2 is 1.83 bits per heavy atom. The molecule has 0 radical (unpaired) electrons. The lowest BCUT2D eigenvalue weighted by Crippen LogP contribution is -2.12. The van der Waals surface area contributed by atoms with Gasteiger partial charge in [-0.2, -0.15) is 0 Å². The second-order valence-corrected chi connectivity index (χ2v) is 4.08. The second-order valence-electron chi connectivity index (χ2n) is 4.08. The normalized spacial score (nSPS) is 17.4. The maximum absolute atomic E-state index is 11.1. The lowest BCUT2D eigenvalue weighted by molar-refractivity contribution is -0.144. The van der Waals surface area contributed by atoms with Gasteiger partial charge in [-0.25, -0.2) is 0 Å². The van der Waals surface area contributed by atoms with Crippen LogP contribution in [0.1, 0.15) is 46.5 Å². The molecule has 0 N–H and O–H groups in total. The van der Waals surface area contributed by atoms with Crippen molar-refractivity contribution >= 4 is 11.9 Å². The molecule has 0 amide bonds. The van der Waals surface area contributed by atoms with Crippen LogP contribution in [-0.2, 0) is 19.1 Å². The molecule has 0 spiro atoms. The molecule has 1 aliphatic carbocycles. The van der Waals surface area contributed by atoms with E-state index < -0.39 is 0 Å². The standard InChI is InChI=1S/C10H16O2.C4H8O2/c1-2-12-10(11)8-9-6-4-3-5-7-9;1-3-6-4(2)5/h3-4,9H,2,5-8H2,1H3;3H2,1-2H3. The molecule has 4 nitrogen and oxygen atoms in total. The third kappa shape index (κ3) is 9.87. The van der Waals surface area contributed by atoms with Crippen molar-refractivity contribution in [1.29, 1.82) is 0 Å². The van der Waals surface area contributed by atoms with Crippen LogP contribution in [0.25, 0.3) is 0 Å². The van der Waals surface area contributed by atoms with Crippen molar-refractivity contribution in [3.8, 4) is 0 Å². The van der Waals surface area contributed by atoms with Gasteiger partial charge in [0.05, 0.1) is 13.2 Å². The van der Waals surface area contributed by atoms with Crippen LogP contribution in [-0.4, -0.2) is 25.2 Å². The summed E-state index contributed by atoms with van der Waals surface area (Å²) in [5.74, 6) is 0.268. The van der Waals surface area contributed by atoms with Crippen LogP contribution in [0.5, 0.6) is 0 Å². The molecule has 0 saturated carbocycles. The molecule has 1 rings (SSSR count). The summed E-state index contributed by atoms with van der Waals surface area (Å²) in [6.07, 6.45) is 8.23. The first-order valence-corrected chi connectivity index (χ1v) is 6.54. The van der Waals surface area contributed by atoms with Crippen molar-refractivity contribution < 1.29 is 19.1 Å². The van der Waals surface area contributed by atoms with E-state index in [0.717, 1.165) is 19.3 Å². The molecule has 104 valence electrons. The molecular formula is C14H24O4. The number of allylic oxidation sites excluding steroid dienone is 2. The van der Waals surface area contributed by atoms with Gasteiger partial charge in [0.2, 0.25) is 0 Å². The third-order valence-corrected chi connectivity index (χ3v) is 2.49. The highest BCUT2D eigenvalue weighted by molar-refractivity contribution is 5.69. The van der Waals surface area contributed by atoms with Crippen molar-refractivity contribution in [3.05, 3.63) is 12.2 Å². The first-order chi connectivity index (χ1) is 8.60. The molecule has 4 heteroatoms. The summed E-state index contributed by atoms with van der Waals surface area (Å²) in [4.78, 5) is 20.9. The molecule has 0 aromatic rings. The van der Waals surface area contributed by atoms with E-state index in [4.69, 9.17) is 4.74 Å². The quantitative estimate of drug-likeness (QED) is 0.573. The molecule has 1 atom stereocenters. The van der Waals surface area contributed by atoms with E-state index in [1.54, 1.807) is 6.92 Å². The van der Waals surface area contributed by atoms with Crippen LogP contribution in [0.3, 0.4) is 0 Å². The van der Waals surface area contributed by atoms with Crippen molar-refractivity contribution in [2.75, 3.05) is 13.2 Å². The smallest absolute Gasteiger partial charge is 0.306 e.